The highest BCUT2D eigenvalue weighted by atomic mass is 35.5. The number of benzene rings is 1. The number of aromatic nitrogens is 2. The first-order valence-corrected chi connectivity index (χ1v) is 7.54. The Morgan fingerprint density at radius 3 is 2.86 bits per heavy atom. The molecule has 0 unspecified atom stereocenters. The number of carbonyl (C=O) groups is 1. The van der Waals surface area contributed by atoms with E-state index in [0.29, 0.717) is 28.8 Å². The van der Waals surface area contributed by atoms with E-state index in [1.165, 1.54) is 6.08 Å². The molecule has 0 spiro atoms. The molecule has 2 rings (SSSR count). The third-order valence-corrected chi connectivity index (χ3v) is 3.56. The summed E-state index contributed by atoms with van der Waals surface area (Å²) in [5.41, 5.74) is 0.565. The molecule has 0 aliphatic heterocycles. The lowest BCUT2D eigenvalue weighted by molar-refractivity contribution is -0.131. The summed E-state index contributed by atoms with van der Waals surface area (Å²) in [5, 5.41) is 17.4. The first-order valence-electron chi connectivity index (χ1n) is 6.35. The summed E-state index contributed by atoms with van der Waals surface area (Å²) in [6, 6.07) is 5.01. The van der Waals surface area contributed by atoms with E-state index in [-0.39, 0.29) is 10.1 Å². The van der Waals surface area contributed by atoms with Gasteiger partial charge in [0, 0.05) is 17.5 Å². The Morgan fingerprint density at radius 1 is 1.50 bits per heavy atom. The van der Waals surface area contributed by atoms with Crippen LogP contribution in [0.15, 0.2) is 32.7 Å². The summed E-state index contributed by atoms with van der Waals surface area (Å²) in [4.78, 5) is 11.4. The zero-order chi connectivity index (χ0) is 16.1. The van der Waals surface area contributed by atoms with Gasteiger partial charge in [0.25, 0.3) is 5.22 Å². The van der Waals surface area contributed by atoms with Gasteiger partial charge in [-0.25, -0.2) is 4.79 Å². The number of halogens is 1. The maximum absolute atomic E-state index is 11.4. The molecule has 0 radical (unpaired) electrons. The lowest BCUT2D eigenvalue weighted by atomic mass is 10.2. The Morgan fingerprint density at radius 2 is 2.27 bits per heavy atom. The molecule has 0 amide bonds. The lowest BCUT2D eigenvalue weighted by Gasteiger charge is -2.08. The fourth-order valence-corrected chi connectivity index (χ4v) is 2.49. The fourth-order valence-electron chi connectivity index (χ4n) is 1.61. The number of hydrogen-bond donors (Lipinski definition) is 1. The van der Waals surface area contributed by atoms with Gasteiger partial charge in [-0.3, -0.25) is 0 Å². The van der Waals surface area contributed by atoms with Crippen molar-refractivity contribution in [2.24, 2.45) is 0 Å². The molecular weight excluding hydrogens is 328 g/mol. The Labute approximate surface area is 136 Å². The second-order valence-corrected chi connectivity index (χ2v) is 5.55. The van der Waals surface area contributed by atoms with Gasteiger partial charge in [-0.1, -0.05) is 11.6 Å². The number of carboxylic acids is 1. The standard InChI is InChI=1S/C14H13ClN2O4S/c1-3-20-11-5-4-10(15)6-9(11)7-12(13(18)19)22-14-17-16-8(2)21-14/h4-7H,3H2,1-2H3,(H,18,19)/b12-7-. The van der Waals surface area contributed by atoms with Crippen molar-refractivity contribution in [2.45, 2.75) is 19.1 Å². The number of ether oxygens (including phenoxy) is 1. The van der Waals surface area contributed by atoms with Gasteiger partial charge in [0.2, 0.25) is 5.89 Å². The highest BCUT2D eigenvalue weighted by Gasteiger charge is 2.15. The molecule has 1 N–H and O–H groups in total. The molecule has 0 fully saturated rings. The number of thioether (sulfide) groups is 1. The van der Waals surface area contributed by atoms with Crippen molar-refractivity contribution in [2.75, 3.05) is 6.61 Å². The molecule has 0 saturated carbocycles. The van der Waals surface area contributed by atoms with E-state index in [9.17, 15) is 9.90 Å². The number of hydrogen-bond acceptors (Lipinski definition) is 6. The third-order valence-electron chi connectivity index (χ3n) is 2.47. The predicted octanol–water partition coefficient (Wildman–Crippen LogP) is 3.65. The van der Waals surface area contributed by atoms with Gasteiger partial charge < -0.3 is 14.3 Å². The summed E-state index contributed by atoms with van der Waals surface area (Å²) < 4.78 is 10.7. The number of carboxylic acid groups (broad SMARTS) is 1. The van der Waals surface area contributed by atoms with Crippen molar-refractivity contribution >= 4 is 35.4 Å². The van der Waals surface area contributed by atoms with E-state index >= 15 is 0 Å². The van der Waals surface area contributed by atoms with Gasteiger partial charge in [-0.15, -0.1) is 10.2 Å². The van der Waals surface area contributed by atoms with E-state index in [4.69, 9.17) is 20.8 Å². The van der Waals surface area contributed by atoms with Gasteiger partial charge in [0.1, 0.15) is 10.7 Å². The van der Waals surface area contributed by atoms with Crippen molar-refractivity contribution < 1.29 is 19.1 Å². The van der Waals surface area contributed by atoms with Crippen LogP contribution in [0.5, 0.6) is 5.75 Å². The van der Waals surface area contributed by atoms with Crippen molar-refractivity contribution in [3.05, 3.63) is 39.6 Å². The van der Waals surface area contributed by atoms with Crippen molar-refractivity contribution in [3.8, 4) is 5.75 Å². The molecule has 22 heavy (non-hydrogen) atoms. The second-order valence-electron chi connectivity index (χ2n) is 4.12. The van der Waals surface area contributed by atoms with E-state index in [0.717, 1.165) is 11.8 Å². The quantitative estimate of drug-likeness (QED) is 0.634. The number of aliphatic carboxylic acids is 1. The van der Waals surface area contributed by atoms with E-state index in [1.54, 1.807) is 25.1 Å². The first kappa shape index (κ1) is 16.4. The third kappa shape index (κ3) is 4.25. The van der Waals surface area contributed by atoms with Crippen LogP contribution < -0.4 is 4.74 Å². The van der Waals surface area contributed by atoms with Crippen molar-refractivity contribution in [1.29, 1.82) is 0 Å². The summed E-state index contributed by atoms with van der Waals surface area (Å²) >= 11 is 6.83. The lowest BCUT2D eigenvalue weighted by Crippen LogP contribution is -1.98. The van der Waals surface area contributed by atoms with Crippen LogP contribution in [0.25, 0.3) is 6.08 Å². The Bertz CT molecular complexity index is 715. The largest absolute Gasteiger partial charge is 0.493 e. The molecule has 116 valence electrons. The van der Waals surface area contributed by atoms with E-state index in [2.05, 4.69) is 10.2 Å². The molecule has 0 aliphatic rings. The minimum atomic E-state index is -1.11. The van der Waals surface area contributed by atoms with Crippen LogP contribution in [0.2, 0.25) is 5.02 Å². The van der Waals surface area contributed by atoms with Crippen LogP contribution in [-0.2, 0) is 4.79 Å². The van der Waals surface area contributed by atoms with Gasteiger partial charge in [-0.05, 0) is 43.0 Å². The smallest absolute Gasteiger partial charge is 0.342 e. The summed E-state index contributed by atoms with van der Waals surface area (Å²) in [5.74, 6) is -0.193. The number of rotatable bonds is 6. The Kier molecular flexibility index (Phi) is 5.46. The van der Waals surface area contributed by atoms with E-state index in [1.807, 2.05) is 6.92 Å². The maximum Gasteiger partial charge on any atom is 0.342 e. The average Bonchev–Trinajstić information content (AvgIpc) is 2.86. The number of nitrogens with zero attached hydrogens (tertiary/aromatic N) is 2. The molecule has 1 heterocycles. The molecular formula is C14H13ClN2O4S. The van der Waals surface area contributed by atoms with Crippen molar-refractivity contribution in [3.63, 3.8) is 0 Å². The molecule has 8 heteroatoms. The fraction of sp³-hybridized carbons (Fsp3) is 0.214. The van der Waals surface area contributed by atoms with E-state index < -0.39 is 5.97 Å². The Hall–Kier alpha value is -1.99. The van der Waals surface area contributed by atoms with Gasteiger partial charge >= 0.3 is 5.97 Å². The van der Waals surface area contributed by atoms with Gasteiger partial charge in [0.05, 0.1) is 6.61 Å². The minimum absolute atomic E-state index is 0.0202. The minimum Gasteiger partial charge on any atom is -0.493 e. The molecule has 0 aliphatic carbocycles. The Balaban J connectivity index is 2.37. The van der Waals surface area contributed by atoms with Crippen LogP contribution in [-0.4, -0.2) is 27.9 Å². The zero-order valence-corrected chi connectivity index (χ0v) is 13.4. The highest BCUT2D eigenvalue weighted by molar-refractivity contribution is 8.03. The highest BCUT2D eigenvalue weighted by Crippen LogP contribution is 2.31. The first-order chi connectivity index (χ1) is 10.5. The number of aryl methyl sites for hydroxylation is 1. The summed E-state index contributed by atoms with van der Waals surface area (Å²) in [6.45, 7) is 3.93. The topological polar surface area (TPSA) is 85.5 Å². The average molecular weight is 341 g/mol. The summed E-state index contributed by atoms with van der Waals surface area (Å²) in [6.07, 6.45) is 1.46. The van der Waals surface area contributed by atoms with Crippen LogP contribution in [0, 0.1) is 6.92 Å². The zero-order valence-electron chi connectivity index (χ0n) is 11.9. The molecule has 1 aromatic carbocycles. The molecule has 0 atom stereocenters. The monoisotopic (exact) mass is 340 g/mol. The molecule has 0 bridgehead atoms. The van der Waals surface area contributed by atoms with Crippen LogP contribution >= 0.6 is 23.4 Å². The van der Waals surface area contributed by atoms with Crippen LogP contribution in [0.3, 0.4) is 0 Å². The predicted molar refractivity (Wildman–Crippen MR) is 83.1 cm³/mol. The molecule has 1 aromatic heterocycles. The normalized spacial score (nSPS) is 11.5. The molecule has 2 aromatic rings. The molecule has 0 saturated heterocycles. The molecule has 6 nitrogen and oxygen atoms in total. The second kappa shape index (κ2) is 7.33. The maximum atomic E-state index is 11.4. The van der Waals surface area contributed by atoms with Gasteiger partial charge in [0.15, 0.2) is 0 Å². The summed E-state index contributed by atoms with van der Waals surface area (Å²) in [7, 11) is 0. The SMILES string of the molecule is CCOc1ccc(Cl)cc1/C=C(\Sc1nnc(C)o1)C(=O)O. The van der Waals surface area contributed by atoms with Crippen LogP contribution in [0.4, 0.5) is 0 Å². The van der Waals surface area contributed by atoms with Crippen LogP contribution in [0.1, 0.15) is 18.4 Å². The van der Waals surface area contributed by atoms with Gasteiger partial charge in [-0.2, -0.15) is 0 Å². The van der Waals surface area contributed by atoms with Crippen molar-refractivity contribution in [1.82, 2.24) is 10.2 Å².